The first-order valence-electron chi connectivity index (χ1n) is 5.90. The van der Waals surface area contributed by atoms with Crippen molar-refractivity contribution in [2.75, 3.05) is 11.9 Å². The molecule has 2 heteroatoms. The molecule has 0 radical (unpaired) electrons. The van der Waals surface area contributed by atoms with Gasteiger partial charge in [0.15, 0.2) is 0 Å². The molecule has 2 heterocycles. The van der Waals surface area contributed by atoms with Crippen LogP contribution < -0.4 is 5.32 Å². The average molecular weight is 222 g/mol. The molecule has 1 aromatic carbocycles. The minimum absolute atomic E-state index is 0.980. The van der Waals surface area contributed by atoms with Crippen molar-refractivity contribution in [3.63, 3.8) is 0 Å². The van der Waals surface area contributed by atoms with E-state index in [1.54, 1.807) is 0 Å². The van der Waals surface area contributed by atoms with Gasteiger partial charge in [0, 0.05) is 29.6 Å². The van der Waals surface area contributed by atoms with E-state index in [1.807, 2.05) is 18.3 Å². The van der Waals surface area contributed by atoms with E-state index in [1.165, 1.54) is 16.8 Å². The van der Waals surface area contributed by atoms with Gasteiger partial charge in [0.2, 0.25) is 0 Å². The fourth-order valence-electron chi connectivity index (χ4n) is 2.17. The summed E-state index contributed by atoms with van der Waals surface area (Å²) >= 11 is 0. The zero-order valence-corrected chi connectivity index (χ0v) is 9.56. The van der Waals surface area contributed by atoms with Crippen molar-refractivity contribution in [1.82, 2.24) is 4.98 Å². The maximum absolute atomic E-state index is 4.45. The summed E-state index contributed by atoms with van der Waals surface area (Å²) in [5.74, 6) is 0. The van der Waals surface area contributed by atoms with E-state index in [-0.39, 0.29) is 0 Å². The molecular weight excluding hydrogens is 208 g/mol. The van der Waals surface area contributed by atoms with Gasteiger partial charge in [0.25, 0.3) is 0 Å². The van der Waals surface area contributed by atoms with Gasteiger partial charge in [-0.05, 0) is 24.6 Å². The van der Waals surface area contributed by atoms with Gasteiger partial charge in [-0.2, -0.15) is 0 Å². The Morgan fingerprint density at radius 1 is 1.00 bits per heavy atom. The maximum Gasteiger partial charge on any atom is 0.0705 e. The van der Waals surface area contributed by atoms with E-state index in [0.29, 0.717) is 0 Å². The summed E-state index contributed by atoms with van der Waals surface area (Å²) < 4.78 is 0. The highest BCUT2D eigenvalue weighted by Gasteiger charge is 2.12. The highest BCUT2D eigenvalue weighted by Crippen LogP contribution is 2.30. The Labute approximate surface area is 101 Å². The van der Waals surface area contributed by atoms with Crippen molar-refractivity contribution in [3.8, 4) is 0 Å². The lowest BCUT2D eigenvalue weighted by atomic mass is 10.0. The van der Waals surface area contributed by atoms with Crippen molar-refractivity contribution in [3.05, 3.63) is 66.0 Å². The standard InChI is InChI=1S/C15H14N2/c1-2-8-14-12(6-1)13(7-5-11-17-14)15-9-3-4-10-16-15/h1-4,6-10,17H,5,11H2. The predicted octanol–water partition coefficient (Wildman–Crippen LogP) is 3.33. The SMILES string of the molecule is C1=C(c2ccccn2)c2ccccc2NCC1. The van der Waals surface area contributed by atoms with Crippen LogP contribution in [-0.4, -0.2) is 11.5 Å². The second-order valence-electron chi connectivity index (χ2n) is 4.09. The summed E-state index contributed by atoms with van der Waals surface area (Å²) in [6.07, 6.45) is 5.14. The van der Waals surface area contributed by atoms with E-state index in [4.69, 9.17) is 0 Å². The summed E-state index contributed by atoms with van der Waals surface area (Å²) in [5.41, 5.74) is 4.71. The van der Waals surface area contributed by atoms with E-state index < -0.39 is 0 Å². The molecule has 84 valence electrons. The lowest BCUT2D eigenvalue weighted by Gasteiger charge is -2.10. The van der Waals surface area contributed by atoms with Crippen molar-refractivity contribution in [2.24, 2.45) is 0 Å². The average Bonchev–Trinajstić information content (AvgIpc) is 2.62. The maximum atomic E-state index is 4.45. The fourth-order valence-corrected chi connectivity index (χ4v) is 2.17. The first-order chi connectivity index (χ1) is 8.45. The second kappa shape index (κ2) is 4.42. The van der Waals surface area contributed by atoms with Crippen LogP contribution >= 0.6 is 0 Å². The van der Waals surface area contributed by atoms with Crippen molar-refractivity contribution in [1.29, 1.82) is 0 Å². The minimum Gasteiger partial charge on any atom is -0.384 e. The molecule has 2 aromatic rings. The predicted molar refractivity (Wildman–Crippen MR) is 70.9 cm³/mol. The third kappa shape index (κ3) is 1.94. The topological polar surface area (TPSA) is 24.9 Å². The van der Waals surface area contributed by atoms with E-state index >= 15 is 0 Å². The van der Waals surface area contributed by atoms with E-state index in [9.17, 15) is 0 Å². The lowest BCUT2D eigenvalue weighted by molar-refractivity contribution is 1.08. The third-order valence-electron chi connectivity index (χ3n) is 2.97. The van der Waals surface area contributed by atoms with Crippen LogP contribution in [0.25, 0.3) is 5.57 Å². The van der Waals surface area contributed by atoms with Gasteiger partial charge in [0.1, 0.15) is 0 Å². The van der Waals surface area contributed by atoms with Crippen molar-refractivity contribution < 1.29 is 0 Å². The Bertz CT molecular complexity index is 544. The number of para-hydroxylation sites is 1. The number of anilines is 1. The molecular formula is C15H14N2. The first-order valence-corrected chi connectivity index (χ1v) is 5.90. The van der Waals surface area contributed by atoms with Crippen LogP contribution in [0.1, 0.15) is 17.7 Å². The van der Waals surface area contributed by atoms with Gasteiger partial charge in [-0.3, -0.25) is 4.98 Å². The zero-order valence-electron chi connectivity index (χ0n) is 9.56. The van der Waals surface area contributed by atoms with Crippen LogP contribution in [0.2, 0.25) is 0 Å². The molecule has 2 nitrogen and oxygen atoms in total. The van der Waals surface area contributed by atoms with Crippen molar-refractivity contribution in [2.45, 2.75) is 6.42 Å². The Kier molecular flexibility index (Phi) is 2.62. The quantitative estimate of drug-likeness (QED) is 0.800. The Morgan fingerprint density at radius 2 is 1.88 bits per heavy atom. The number of nitrogens with zero attached hydrogens (tertiary/aromatic N) is 1. The van der Waals surface area contributed by atoms with E-state index in [0.717, 1.165) is 18.7 Å². The van der Waals surface area contributed by atoms with E-state index in [2.05, 4.69) is 46.7 Å². The lowest BCUT2D eigenvalue weighted by Crippen LogP contribution is -1.99. The monoisotopic (exact) mass is 222 g/mol. The highest BCUT2D eigenvalue weighted by atomic mass is 14.9. The van der Waals surface area contributed by atoms with Crippen LogP contribution in [0.5, 0.6) is 0 Å². The van der Waals surface area contributed by atoms with Crippen LogP contribution in [0.3, 0.4) is 0 Å². The molecule has 0 atom stereocenters. The minimum atomic E-state index is 0.980. The largest absolute Gasteiger partial charge is 0.384 e. The van der Waals surface area contributed by atoms with Crippen LogP contribution in [-0.2, 0) is 0 Å². The molecule has 1 aliphatic rings. The van der Waals surface area contributed by atoms with Crippen LogP contribution in [0.15, 0.2) is 54.7 Å². The van der Waals surface area contributed by atoms with Crippen LogP contribution in [0.4, 0.5) is 5.69 Å². The zero-order chi connectivity index (χ0) is 11.5. The first kappa shape index (κ1) is 10.1. The van der Waals surface area contributed by atoms with Gasteiger partial charge >= 0.3 is 0 Å². The van der Waals surface area contributed by atoms with Gasteiger partial charge < -0.3 is 5.32 Å². The molecule has 3 rings (SSSR count). The summed E-state index contributed by atoms with van der Waals surface area (Å²) in [6, 6.07) is 14.4. The second-order valence-corrected chi connectivity index (χ2v) is 4.09. The number of rotatable bonds is 1. The molecule has 0 fully saturated rings. The summed E-state index contributed by atoms with van der Waals surface area (Å²) in [7, 11) is 0. The number of nitrogens with one attached hydrogen (secondary N) is 1. The molecule has 1 N–H and O–H groups in total. The molecule has 0 saturated carbocycles. The molecule has 0 spiro atoms. The highest BCUT2D eigenvalue weighted by molar-refractivity contribution is 5.85. The van der Waals surface area contributed by atoms with Crippen LogP contribution in [0, 0.1) is 0 Å². The fraction of sp³-hybridized carbons (Fsp3) is 0.133. The molecule has 1 aliphatic heterocycles. The number of benzene rings is 1. The molecule has 0 saturated heterocycles. The van der Waals surface area contributed by atoms with Gasteiger partial charge in [-0.25, -0.2) is 0 Å². The molecule has 1 aromatic heterocycles. The van der Waals surface area contributed by atoms with Crippen molar-refractivity contribution >= 4 is 11.3 Å². The molecule has 0 aliphatic carbocycles. The molecule has 0 bridgehead atoms. The third-order valence-corrected chi connectivity index (χ3v) is 2.97. The number of hydrogen-bond donors (Lipinski definition) is 1. The number of pyridine rings is 1. The normalized spacial score (nSPS) is 14.2. The Balaban J connectivity index is 2.14. The van der Waals surface area contributed by atoms with Gasteiger partial charge in [-0.15, -0.1) is 0 Å². The number of aromatic nitrogens is 1. The Hall–Kier alpha value is -2.09. The summed E-state index contributed by atoms with van der Waals surface area (Å²) in [4.78, 5) is 4.45. The van der Waals surface area contributed by atoms with Gasteiger partial charge in [-0.1, -0.05) is 30.3 Å². The van der Waals surface area contributed by atoms with Gasteiger partial charge in [0.05, 0.1) is 5.69 Å². The molecule has 0 amide bonds. The Morgan fingerprint density at radius 3 is 2.76 bits per heavy atom. The smallest absolute Gasteiger partial charge is 0.0705 e. The number of hydrogen-bond acceptors (Lipinski definition) is 2. The molecule has 17 heavy (non-hydrogen) atoms. The molecule has 0 unspecified atom stereocenters. The summed E-state index contributed by atoms with van der Waals surface area (Å²) in [5, 5.41) is 3.44. The number of fused-ring (bicyclic) bond motifs is 1. The summed E-state index contributed by atoms with van der Waals surface area (Å²) in [6.45, 7) is 0.980.